The Hall–Kier alpha value is -2.01. The molecule has 0 aliphatic carbocycles. The SMILES string of the molecule is COc1ccc(/C=C/C(=O)NC(CCN(C)C)c2ccc(Cl)cc2)cc1.Cl. The van der Waals surface area contributed by atoms with E-state index in [1.165, 1.54) is 0 Å². The van der Waals surface area contributed by atoms with Crippen LogP contribution in [-0.4, -0.2) is 38.6 Å². The molecular weight excluding hydrogens is 383 g/mol. The topological polar surface area (TPSA) is 41.6 Å². The summed E-state index contributed by atoms with van der Waals surface area (Å²) in [6.45, 7) is 0.871. The minimum absolute atomic E-state index is 0. The molecule has 1 unspecified atom stereocenters. The molecule has 0 spiro atoms. The number of benzene rings is 2. The lowest BCUT2D eigenvalue weighted by atomic mass is 10.0. The summed E-state index contributed by atoms with van der Waals surface area (Å²) in [6.07, 6.45) is 4.16. The van der Waals surface area contributed by atoms with E-state index in [0.29, 0.717) is 5.02 Å². The van der Waals surface area contributed by atoms with Crippen LogP contribution in [0.3, 0.4) is 0 Å². The van der Waals surface area contributed by atoms with Crippen molar-refractivity contribution in [3.63, 3.8) is 0 Å². The van der Waals surface area contributed by atoms with Gasteiger partial charge < -0.3 is 15.0 Å². The first-order chi connectivity index (χ1) is 12.5. The quantitative estimate of drug-likeness (QED) is 0.649. The largest absolute Gasteiger partial charge is 0.497 e. The van der Waals surface area contributed by atoms with Gasteiger partial charge in [-0.05, 0) is 68.5 Å². The molecular formula is C21H26Cl2N2O2. The zero-order valence-electron chi connectivity index (χ0n) is 15.8. The van der Waals surface area contributed by atoms with E-state index < -0.39 is 0 Å². The summed E-state index contributed by atoms with van der Waals surface area (Å²) in [5, 5.41) is 3.77. The van der Waals surface area contributed by atoms with Crippen molar-refractivity contribution in [1.29, 1.82) is 0 Å². The number of amides is 1. The predicted octanol–water partition coefficient (Wildman–Crippen LogP) is 4.59. The van der Waals surface area contributed by atoms with Crippen LogP contribution in [-0.2, 0) is 4.79 Å². The molecule has 146 valence electrons. The predicted molar refractivity (Wildman–Crippen MR) is 115 cm³/mol. The number of hydrogen-bond acceptors (Lipinski definition) is 3. The lowest BCUT2D eigenvalue weighted by Crippen LogP contribution is -2.29. The first-order valence-corrected chi connectivity index (χ1v) is 8.88. The molecule has 0 bridgehead atoms. The van der Waals surface area contributed by atoms with E-state index >= 15 is 0 Å². The van der Waals surface area contributed by atoms with Crippen LogP contribution in [0.1, 0.15) is 23.6 Å². The van der Waals surface area contributed by atoms with Crippen molar-refractivity contribution in [2.45, 2.75) is 12.5 Å². The fraction of sp³-hybridized carbons (Fsp3) is 0.286. The van der Waals surface area contributed by atoms with E-state index in [4.69, 9.17) is 16.3 Å². The molecule has 0 radical (unpaired) electrons. The Bertz CT molecular complexity index is 729. The monoisotopic (exact) mass is 408 g/mol. The van der Waals surface area contributed by atoms with Gasteiger partial charge in [0, 0.05) is 11.1 Å². The summed E-state index contributed by atoms with van der Waals surface area (Å²) in [6, 6.07) is 15.1. The van der Waals surface area contributed by atoms with Crippen LogP contribution in [0.4, 0.5) is 0 Å². The lowest BCUT2D eigenvalue weighted by Gasteiger charge is -2.20. The van der Waals surface area contributed by atoms with Gasteiger partial charge in [-0.2, -0.15) is 0 Å². The molecule has 0 heterocycles. The first-order valence-electron chi connectivity index (χ1n) is 8.51. The van der Waals surface area contributed by atoms with Gasteiger partial charge in [0.05, 0.1) is 13.2 Å². The highest BCUT2D eigenvalue weighted by atomic mass is 35.5. The van der Waals surface area contributed by atoms with Gasteiger partial charge in [-0.25, -0.2) is 0 Å². The summed E-state index contributed by atoms with van der Waals surface area (Å²) in [7, 11) is 5.66. The third-order valence-corrected chi connectivity index (χ3v) is 4.25. The van der Waals surface area contributed by atoms with Crippen LogP contribution in [0.2, 0.25) is 5.02 Å². The van der Waals surface area contributed by atoms with Gasteiger partial charge in [-0.1, -0.05) is 35.9 Å². The highest BCUT2D eigenvalue weighted by Gasteiger charge is 2.13. The van der Waals surface area contributed by atoms with E-state index in [0.717, 1.165) is 29.8 Å². The molecule has 0 saturated carbocycles. The van der Waals surface area contributed by atoms with Crippen LogP contribution in [0.5, 0.6) is 5.75 Å². The summed E-state index contributed by atoms with van der Waals surface area (Å²) in [4.78, 5) is 14.5. The second kappa shape index (κ2) is 11.7. The number of ether oxygens (including phenoxy) is 1. The Morgan fingerprint density at radius 1 is 1.15 bits per heavy atom. The minimum Gasteiger partial charge on any atom is -0.497 e. The molecule has 2 rings (SSSR count). The average Bonchev–Trinajstić information content (AvgIpc) is 2.64. The normalized spacial score (nSPS) is 11.9. The molecule has 4 nitrogen and oxygen atoms in total. The van der Waals surface area contributed by atoms with Gasteiger partial charge in [0.1, 0.15) is 5.75 Å². The highest BCUT2D eigenvalue weighted by molar-refractivity contribution is 6.30. The molecule has 0 aliphatic heterocycles. The summed E-state index contributed by atoms with van der Waals surface area (Å²) in [5.41, 5.74) is 1.99. The summed E-state index contributed by atoms with van der Waals surface area (Å²) in [5.74, 6) is 0.664. The molecule has 1 atom stereocenters. The number of hydrogen-bond donors (Lipinski definition) is 1. The van der Waals surface area contributed by atoms with Crippen molar-refractivity contribution in [3.8, 4) is 5.75 Å². The number of nitrogens with one attached hydrogen (secondary N) is 1. The molecule has 1 N–H and O–H groups in total. The molecule has 27 heavy (non-hydrogen) atoms. The van der Waals surface area contributed by atoms with Gasteiger partial charge in [-0.15, -0.1) is 12.4 Å². The molecule has 0 saturated heterocycles. The van der Waals surface area contributed by atoms with Crippen molar-refractivity contribution in [2.24, 2.45) is 0 Å². The zero-order chi connectivity index (χ0) is 18.9. The maximum atomic E-state index is 12.4. The Balaban J connectivity index is 0.00000364. The first kappa shape index (κ1) is 23.0. The third kappa shape index (κ3) is 8.04. The third-order valence-electron chi connectivity index (χ3n) is 4.00. The van der Waals surface area contributed by atoms with Crippen LogP contribution < -0.4 is 10.1 Å². The fourth-order valence-electron chi connectivity index (χ4n) is 2.51. The standard InChI is InChI=1S/C21H25ClN2O2.ClH/c1-24(2)15-14-20(17-7-9-18(22)10-8-17)23-21(25)13-6-16-4-11-19(26-3)12-5-16;/h4-13,20H,14-15H2,1-3H3,(H,23,25);1H/b13-6+;. The number of carbonyl (C=O) groups is 1. The maximum Gasteiger partial charge on any atom is 0.244 e. The average molecular weight is 409 g/mol. The van der Waals surface area contributed by atoms with Gasteiger partial charge in [0.15, 0.2) is 0 Å². The molecule has 2 aromatic carbocycles. The van der Waals surface area contributed by atoms with Crippen LogP contribution >= 0.6 is 24.0 Å². The van der Waals surface area contributed by atoms with Crippen molar-refractivity contribution in [2.75, 3.05) is 27.7 Å². The fourth-order valence-corrected chi connectivity index (χ4v) is 2.64. The Labute approximate surface area is 172 Å². The minimum atomic E-state index is -0.125. The molecule has 0 aromatic heterocycles. The molecule has 6 heteroatoms. The smallest absolute Gasteiger partial charge is 0.244 e. The van der Waals surface area contributed by atoms with Gasteiger partial charge in [0.2, 0.25) is 5.91 Å². The van der Waals surface area contributed by atoms with Crippen molar-refractivity contribution in [1.82, 2.24) is 10.2 Å². The van der Waals surface area contributed by atoms with Crippen LogP contribution in [0, 0.1) is 0 Å². The number of nitrogens with zero attached hydrogens (tertiary/aromatic N) is 1. The Morgan fingerprint density at radius 2 is 1.78 bits per heavy atom. The molecule has 2 aromatic rings. The van der Waals surface area contributed by atoms with Crippen LogP contribution in [0.25, 0.3) is 6.08 Å². The number of methoxy groups -OCH3 is 1. The zero-order valence-corrected chi connectivity index (χ0v) is 17.4. The molecule has 0 aliphatic rings. The van der Waals surface area contributed by atoms with Crippen molar-refractivity contribution in [3.05, 3.63) is 70.8 Å². The second-order valence-electron chi connectivity index (χ2n) is 6.31. The lowest BCUT2D eigenvalue weighted by molar-refractivity contribution is -0.117. The molecule has 0 fully saturated rings. The summed E-state index contributed by atoms with van der Waals surface area (Å²) < 4.78 is 5.13. The van der Waals surface area contributed by atoms with Gasteiger partial charge >= 0.3 is 0 Å². The van der Waals surface area contributed by atoms with Crippen LogP contribution in [0.15, 0.2) is 54.6 Å². The second-order valence-corrected chi connectivity index (χ2v) is 6.75. The summed E-state index contributed by atoms with van der Waals surface area (Å²) >= 11 is 5.97. The van der Waals surface area contributed by atoms with Crippen molar-refractivity contribution >= 4 is 36.0 Å². The number of halogens is 2. The van der Waals surface area contributed by atoms with Crippen molar-refractivity contribution < 1.29 is 9.53 Å². The number of carbonyl (C=O) groups excluding carboxylic acids is 1. The molecule has 1 amide bonds. The Morgan fingerprint density at radius 3 is 2.33 bits per heavy atom. The van der Waals surface area contributed by atoms with E-state index in [1.807, 2.05) is 62.6 Å². The Kier molecular flexibility index (Phi) is 9.94. The van der Waals surface area contributed by atoms with E-state index in [-0.39, 0.29) is 24.4 Å². The van der Waals surface area contributed by atoms with Gasteiger partial charge in [-0.3, -0.25) is 4.79 Å². The maximum absolute atomic E-state index is 12.4. The van der Waals surface area contributed by atoms with E-state index in [1.54, 1.807) is 19.3 Å². The van der Waals surface area contributed by atoms with E-state index in [2.05, 4.69) is 10.2 Å². The van der Waals surface area contributed by atoms with E-state index in [9.17, 15) is 4.79 Å². The number of rotatable bonds is 8. The highest BCUT2D eigenvalue weighted by Crippen LogP contribution is 2.20. The van der Waals surface area contributed by atoms with Gasteiger partial charge in [0.25, 0.3) is 0 Å².